The molecule has 0 bridgehead atoms. The molecule has 0 amide bonds. The quantitative estimate of drug-likeness (QED) is 0.617. The molecule has 0 unspecified atom stereocenters. The molecule has 5 rings (SSSR count). The zero-order valence-corrected chi connectivity index (χ0v) is 18.4. The van der Waals surface area contributed by atoms with Crippen molar-refractivity contribution >= 4 is 22.7 Å². The van der Waals surface area contributed by atoms with Crippen molar-refractivity contribution < 1.29 is 19.1 Å². The van der Waals surface area contributed by atoms with Crippen molar-refractivity contribution in [1.82, 2.24) is 0 Å². The molecule has 0 radical (unpaired) electrons. The van der Waals surface area contributed by atoms with Crippen LogP contribution in [0.25, 0.3) is 0 Å². The van der Waals surface area contributed by atoms with Crippen molar-refractivity contribution in [3.63, 3.8) is 0 Å². The van der Waals surface area contributed by atoms with Crippen molar-refractivity contribution in [1.29, 1.82) is 0 Å². The summed E-state index contributed by atoms with van der Waals surface area (Å²) in [5.41, 5.74) is 2.95. The number of rotatable bonds is 3. The normalized spacial score (nSPS) is 40.1. The van der Waals surface area contributed by atoms with E-state index in [1.165, 1.54) is 17.3 Å². The first kappa shape index (κ1) is 20.0. The third-order valence-corrected chi connectivity index (χ3v) is 9.53. The van der Waals surface area contributed by atoms with Crippen molar-refractivity contribution in [2.45, 2.75) is 71.0 Å². The third kappa shape index (κ3) is 2.87. The molecular formula is C24H32O4S. The first-order valence-electron chi connectivity index (χ1n) is 11.3. The van der Waals surface area contributed by atoms with E-state index in [1.54, 1.807) is 12.5 Å². The van der Waals surface area contributed by atoms with Gasteiger partial charge in [-0.2, -0.15) is 0 Å². The molecule has 2 saturated carbocycles. The first-order chi connectivity index (χ1) is 13.9. The van der Waals surface area contributed by atoms with Gasteiger partial charge in [-0.15, -0.1) is 0 Å². The Kier molecular flexibility index (Phi) is 4.88. The lowest BCUT2D eigenvalue weighted by molar-refractivity contribution is -0.228. The highest BCUT2D eigenvalue weighted by Gasteiger charge is 2.65. The van der Waals surface area contributed by atoms with E-state index < -0.39 is 5.79 Å². The van der Waals surface area contributed by atoms with Gasteiger partial charge in [0.25, 0.3) is 0 Å². The minimum atomic E-state index is -0.393. The van der Waals surface area contributed by atoms with Crippen LogP contribution in [0.4, 0.5) is 0 Å². The number of hydrogen-bond donors (Lipinski definition) is 0. The SMILES string of the molecule is CC(=O)SCC[C@]12CCC(=O)C=C1CC[C@@H]1C2=CC[C@@]2(C)[C@H]1CCC21OCCO1. The standard InChI is InChI=1S/C24H32O4S/c1-16(25)29-14-11-23-9-5-18(26)15-17(23)3-4-19-20-7-10-24(27-12-13-28-24)22(20,2)8-6-21(19)23/h6,15,19-20H,3-5,7-14H2,1-2H3/t19-,20-,22-,23+/m0/s1. The first-order valence-corrected chi connectivity index (χ1v) is 12.2. The Balaban J connectivity index is 1.52. The fourth-order valence-corrected chi connectivity index (χ4v) is 8.10. The molecule has 4 atom stereocenters. The number of ketones is 1. The van der Waals surface area contributed by atoms with Crippen LogP contribution in [0.3, 0.4) is 0 Å². The Morgan fingerprint density at radius 2 is 2.00 bits per heavy atom. The zero-order valence-electron chi connectivity index (χ0n) is 17.6. The second-order valence-electron chi connectivity index (χ2n) is 9.83. The number of carbonyl (C=O) groups excluding carboxylic acids is 2. The van der Waals surface area contributed by atoms with Crippen molar-refractivity contribution in [2.75, 3.05) is 19.0 Å². The van der Waals surface area contributed by atoms with Crippen molar-refractivity contribution in [3.8, 4) is 0 Å². The predicted molar refractivity (Wildman–Crippen MR) is 113 cm³/mol. The number of hydrogen-bond acceptors (Lipinski definition) is 5. The largest absolute Gasteiger partial charge is 0.347 e. The Hall–Kier alpha value is -0.910. The minimum absolute atomic E-state index is 0.00620. The summed E-state index contributed by atoms with van der Waals surface area (Å²) in [6.45, 7) is 5.46. The number of carbonyl (C=O) groups is 2. The lowest BCUT2D eigenvalue weighted by Gasteiger charge is -2.55. The van der Waals surface area contributed by atoms with Crippen LogP contribution in [0.1, 0.15) is 65.2 Å². The fourth-order valence-electron chi connectivity index (χ4n) is 7.36. The summed E-state index contributed by atoms with van der Waals surface area (Å²) in [4.78, 5) is 23.8. The van der Waals surface area contributed by atoms with Gasteiger partial charge in [0.1, 0.15) is 0 Å². The zero-order chi connectivity index (χ0) is 20.3. The number of fused-ring (bicyclic) bond motifs is 6. The number of thioether (sulfide) groups is 1. The summed E-state index contributed by atoms with van der Waals surface area (Å²) in [5.74, 6) is 1.85. The molecule has 0 N–H and O–H groups in total. The lowest BCUT2D eigenvalue weighted by Crippen LogP contribution is -2.51. The fraction of sp³-hybridized carbons (Fsp3) is 0.750. The molecule has 0 aromatic rings. The van der Waals surface area contributed by atoms with Crippen LogP contribution in [-0.4, -0.2) is 35.7 Å². The van der Waals surface area contributed by atoms with E-state index >= 15 is 0 Å². The highest BCUT2D eigenvalue weighted by molar-refractivity contribution is 8.13. The summed E-state index contributed by atoms with van der Waals surface area (Å²) in [6, 6.07) is 0. The number of allylic oxidation sites excluding steroid dienone is 4. The molecule has 1 aliphatic heterocycles. The summed E-state index contributed by atoms with van der Waals surface area (Å²) in [6.07, 6.45) is 12.3. The average molecular weight is 417 g/mol. The van der Waals surface area contributed by atoms with Crippen LogP contribution in [-0.2, 0) is 19.1 Å². The molecule has 0 aromatic carbocycles. The van der Waals surface area contributed by atoms with E-state index in [9.17, 15) is 9.59 Å². The molecule has 1 saturated heterocycles. The number of ether oxygens (including phenoxy) is 2. The maximum atomic E-state index is 12.2. The van der Waals surface area contributed by atoms with Gasteiger partial charge in [-0.05, 0) is 56.4 Å². The Bertz CT molecular complexity index is 793. The molecule has 0 aromatic heterocycles. The molecule has 4 aliphatic carbocycles. The Morgan fingerprint density at radius 1 is 1.21 bits per heavy atom. The van der Waals surface area contributed by atoms with Gasteiger partial charge >= 0.3 is 0 Å². The van der Waals surface area contributed by atoms with Crippen LogP contribution < -0.4 is 0 Å². The molecule has 1 spiro atoms. The van der Waals surface area contributed by atoms with Gasteiger partial charge in [0, 0.05) is 36.3 Å². The molecule has 5 heteroatoms. The summed E-state index contributed by atoms with van der Waals surface area (Å²) >= 11 is 1.43. The van der Waals surface area contributed by atoms with Gasteiger partial charge < -0.3 is 9.47 Å². The molecule has 158 valence electrons. The van der Waals surface area contributed by atoms with Gasteiger partial charge in [-0.3, -0.25) is 9.59 Å². The van der Waals surface area contributed by atoms with Gasteiger partial charge in [-0.25, -0.2) is 0 Å². The summed E-state index contributed by atoms with van der Waals surface area (Å²) in [7, 11) is 0. The van der Waals surface area contributed by atoms with E-state index in [0.717, 1.165) is 50.7 Å². The topological polar surface area (TPSA) is 52.6 Å². The maximum Gasteiger partial charge on any atom is 0.185 e. The van der Waals surface area contributed by atoms with E-state index in [2.05, 4.69) is 13.0 Å². The highest BCUT2D eigenvalue weighted by Crippen LogP contribution is 2.67. The summed E-state index contributed by atoms with van der Waals surface area (Å²) in [5, 5.41) is 0.185. The molecular weight excluding hydrogens is 384 g/mol. The molecule has 3 fully saturated rings. The molecule has 5 aliphatic rings. The van der Waals surface area contributed by atoms with Gasteiger partial charge in [0.15, 0.2) is 16.7 Å². The van der Waals surface area contributed by atoms with Crippen molar-refractivity contribution in [2.24, 2.45) is 22.7 Å². The smallest absolute Gasteiger partial charge is 0.185 e. The predicted octanol–water partition coefficient (Wildman–Crippen LogP) is 4.83. The maximum absolute atomic E-state index is 12.2. The van der Waals surface area contributed by atoms with Crippen LogP contribution >= 0.6 is 11.8 Å². The van der Waals surface area contributed by atoms with Crippen LogP contribution in [0.2, 0.25) is 0 Å². The lowest BCUT2D eigenvalue weighted by atomic mass is 9.50. The average Bonchev–Trinajstić information content (AvgIpc) is 3.28. The molecule has 1 heterocycles. The van der Waals surface area contributed by atoms with E-state index in [1.807, 2.05) is 6.08 Å². The second kappa shape index (κ2) is 7.06. The molecule has 4 nitrogen and oxygen atoms in total. The molecule has 29 heavy (non-hydrogen) atoms. The van der Waals surface area contributed by atoms with Crippen molar-refractivity contribution in [3.05, 3.63) is 23.3 Å². The Labute approximate surface area is 177 Å². The van der Waals surface area contributed by atoms with Crippen LogP contribution in [0.15, 0.2) is 23.3 Å². The van der Waals surface area contributed by atoms with Crippen LogP contribution in [0.5, 0.6) is 0 Å². The minimum Gasteiger partial charge on any atom is -0.347 e. The summed E-state index contributed by atoms with van der Waals surface area (Å²) < 4.78 is 12.5. The van der Waals surface area contributed by atoms with E-state index in [-0.39, 0.29) is 21.7 Å². The van der Waals surface area contributed by atoms with Gasteiger partial charge in [-0.1, -0.05) is 35.9 Å². The van der Waals surface area contributed by atoms with Gasteiger partial charge in [0.2, 0.25) is 0 Å². The van der Waals surface area contributed by atoms with E-state index in [0.29, 0.717) is 31.5 Å². The monoisotopic (exact) mass is 416 g/mol. The second-order valence-corrected chi connectivity index (χ2v) is 11.1. The third-order valence-electron chi connectivity index (χ3n) is 8.72. The highest BCUT2D eigenvalue weighted by atomic mass is 32.2. The van der Waals surface area contributed by atoms with Crippen LogP contribution in [0, 0.1) is 22.7 Å². The Morgan fingerprint density at radius 3 is 2.76 bits per heavy atom. The van der Waals surface area contributed by atoms with E-state index in [4.69, 9.17) is 9.47 Å². The van der Waals surface area contributed by atoms with Gasteiger partial charge in [0.05, 0.1) is 13.2 Å².